The number of hydrogen-bond donors (Lipinski definition) is 1. The van der Waals surface area contributed by atoms with E-state index in [1.807, 2.05) is 5.38 Å². The van der Waals surface area contributed by atoms with Gasteiger partial charge in [-0.15, -0.1) is 11.3 Å². The maximum atomic E-state index is 12.2. The monoisotopic (exact) mass is 348 g/mol. The Morgan fingerprint density at radius 1 is 1.43 bits per heavy atom. The van der Waals surface area contributed by atoms with E-state index in [0.29, 0.717) is 22.9 Å². The maximum absolute atomic E-state index is 12.2. The number of nitrogens with zero attached hydrogens (tertiary/aromatic N) is 3. The van der Waals surface area contributed by atoms with Crippen molar-refractivity contribution in [3.05, 3.63) is 62.1 Å². The average molecular weight is 349 g/mol. The third-order valence-corrected chi connectivity index (χ3v) is 5.21. The quantitative estimate of drug-likeness (QED) is 0.769. The van der Waals surface area contributed by atoms with Gasteiger partial charge >= 0.3 is 0 Å². The number of nitrogens with one attached hydrogen (secondary N) is 1. The summed E-state index contributed by atoms with van der Waals surface area (Å²) in [6, 6.07) is 5.01. The van der Waals surface area contributed by atoms with Crippen LogP contribution in [0.1, 0.15) is 31.0 Å². The lowest BCUT2D eigenvalue weighted by atomic mass is 10.00. The van der Waals surface area contributed by atoms with Crippen molar-refractivity contribution < 1.29 is 0 Å². The van der Waals surface area contributed by atoms with Gasteiger partial charge in [0.1, 0.15) is 10.7 Å². The molecule has 3 heterocycles. The molecule has 7 heteroatoms. The second-order valence-electron chi connectivity index (χ2n) is 5.54. The smallest absolute Gasteiger partial charge is 0.258 e. The molecule has 0 aliphatic heterocycles. The highest BCUT2D eigenvalue weighted by molar-refractivity contribution is 7.09. The van der Waals surface area contributed by atoms with Gasteiger partial charge in [0, 0.05) is 30.4 Å². The van der Waals surface area contributed by atoms with Crippen molar-refractivity contribution >= 4 is 28.6 Å². The van der Waals surface area contributed by atoms with Gasteiger partial charge in [-0.05, 0) is 25.5 Å². The second kappa shape index (κ2) is 6.39. The zero-order valence-electron chi connectivity index (χ0n) is 12.9. The summed E-state index contributed by atoms with van der Waals surface area (Å²) < 4.78 is 1.45. The number of halogens is 1. The van der Waals surface area contributed by atoms with Crippen LogP contribution in [-0.4, -0.2) is 14.4 Å². The third-order valence-electron chi connectivity index (χ3n) is 3.95. The average Bonchev–Trinajstić information content (AvgIpc) is 3.08. The number of pyridine rings is 1. The van der Waals surface area contributed by atoms with Crippen LogP contribution in [0.3, 0.4) is 0 Å². The summed E-state index contributed by atoms with van der Waals surface area (Å²) in [6.45, 7) is 4.72. The van der Waals surface area contributed by atoms with Gasteiger partial charge in [-0.25, -0.2) is 9.97 Å². The van der Waals surface area contributed by atoms with Crippen LogP contribution in [0.4, 0.5) is 0 Å². The van der Waals surface area contributed by atoms with Gasteiger partial charge in [0.05, 0.1) is 16.3 Å². The van der Waals surface area contributed by atoms with Crippen LogP contribution in [0.15, 0.2) is 40.8 Å². The molecule has 23 heavy (non-hydrogen) atoms. The summed E-state index contributed by atoms with van der Waals surface area (Å²) in [6.07, 6.45) is 4.28. The maximum Gasteiger partial charge on any atom is 0.258 e. The Hall–Kier alpha value is -1.76. The van der Waals surface area contributed by atoms with E-state index < -0.39 is 0 Å². The summed E-state index contributed by atoms with van der Waals surface area (Å²) in [5, 5.41) is 6.99. The molecular formula is C16H17ClN4OS. The Bertz CT molecular complexity index is 877. The molecule has 0 amide bonds. The molecule has 3 rings (SSSR count). The highest BCUT2D eigenvalue weighted by Crippen LogP contribution is 2.26. The second-order valence-corrected chi connectivity index (χ2v) is 6.87. The summed E-state index contributed by atoms with van der Waals surface area (Å²) in [4.78, 5) is 21.1. The van der Waals surface area contributed by atoms with Crippen molar-refractivity contribution in [2.75, 3.05) is 0 Å². The van der Waals surface area contributed by atoms with Crippen LogP contribution in [-0.2, 0) is 12.1 Å². The van der Waals surface area contributed by atoms with Gasteiger partial charge in [-0.1, -0.05) is 18.5 Å². The minimum Gasteiger partial charge on any atom is -0.300 e. The molecule has 0 spiro atoms. The Morgan fingerprint density at radius 3 is 2.96 bits per heavy atom. The van der Waals surface area contributed by atoms with Crippen LogP contribution < -0.4 is 10.9 Å². The third kappa shape index (κ3) is 3.29. The number of aromatic nitrogens is 3. The predicted molar refractivity (Wildman–Crippen MR) is 93.1 cm³/mol. The lowest BCUT2D eigenvalue weighted by molar-refractivity contribution is 0.347. The lowest BCUT2D eigenvalue weighted by Gasteiger charge is -2.27. The first-order valence-corrected chi connectivity index (χ1v) is 8.60. The Kier molecular flexibility index (Phi) is 4.48. The Morgan fingerprint density at radius 2 is 2.26 bits per heavy atom. The molecule has 3 aromatic rings. The molecule has 0 saturated carbocycles. The minimum atomic E-state index is -0.235. The first-order valence-electron chi connectivity index (χ1n) is 7.35. The van der Waals surface area contributed by atoms with E-state index in [2.05, 4.69) is 29.1 Å². The van der Waals surface area contributed by atoms with E-state index in [1.54, 1.807) is 35.9 Å². The molecule has 0 unspecified atom stereocenters. The molecule has 0 aliphatic rings. The normalized spacial score (nSPS) is 14.0. The van der Waals surface area contributed by atoms with Crippen LogP contribution >= 0.6 is 22.9 Å². The van der Waals surface area contributed by atoms with E-state index in [-0.39, 0.29) is 11.1 Å². The van der Waals surface area contributed by atoms with Crippen LogP contribution in [0.25, 0.3) is 5.65 Å². The molecule has 0 fully saturated rings. The molecule has 3 aromatic heterocycles. The van der Waals surface area contributed by atoms with Crippen LogP contribution in [0, 0.1) is 0 Å². The fraction of sp³-hybridized carbons (Fsp3) is 0.312. The van der Waals surface area contributed by atoms with Gasteiger partial charge in [0.15, 0.2) is 0 Å². The van der Waals surface area contributed by atoms with Gasteiger partial charge in [0.2, 0.25) is 0 Å². The van der Waals surface area contributed by atoms with Crippen molar-refractivity contribution in [1.29, 1.82) is 0 Å². The lowest BCUT2D eigenvalue weighted by Crippen LogP contribution is -2.38. The van der Waals surface area contributed by atoms with Crippen molar-refractivity contribution in [2.24, 2.45) is 0 Å². The van der Waals surface area contributed by atoms with E-state index in [4.69, 9.17) is 11.6 Å². The summed E-state index contributed by atoms with van der Waals surface area (Å²) in [7, 11) is 0. The Balaban J connectivity index is 1.87. The van der Waals surface area contributed by atoms with Gasteiger partial charge in [0.25, 0.3) is 5.56 Å². The molecule has 0 aromatic carbocycles. The van der Waals surface area contributed by atoms with Crippen molar-refractivity contribution in [3.8, 4) is 0 Å². The fourth-order valence-electron chi connectivity index (χ4n) is 2.35. The van der Waals surface area contributed by atoms with Crippen LogP contribution in [0.2, 0.25) is 5.02 Å². The zero-order chi connectivity index (χ0) is 16.4. The predicted octanol–water partition coefficient (Wildman–Crippen LogP) is 3.22. The van der Waals surface area contributed by atoms with E-state index in [9.17, 15) is 4.79 Å². The Labute approximate surface area is 143 Å². The largest absolute Gasteiger partial charge is 0.300 e. The number of fused-ring (bicyclic) bond motifs is 1. The van der Waals surface area contributed by atoms with Crippen molar-refractivity contribution in [1.82, 2.24) is 19.7 Å². The number of rotatable bonds is 5. The molecule has 1 atom stereocenters. The van der Waals surface area contributed by atoms with E-state index in [1.165, 1.54) is 10.5 Å². The summed E-state index contributed by atoms with van der Waals surface area (Å²) in [5.74, 6) is 0. The van der Waals surface area contributed by atoms with Crippen molar-refractivity contribution in [3.63, 3.8) is 0 Å². The number of thiazole rings is 1. The van der Waals surface area contributed by atoms with E-state index >= 15 is 0 Å². The zero-order valence-corrected chi connectivity index (χ0v) is 14.5. The first-order chi connectivity index (χ1) is 11.0. The van der Waals surface area contributed by atoms with Gasteiger partial charge in [-0.3, -0.25) is 14.5 Å². The standard InChI is InChI=1S/C16H17ClN4OS/c1-3-16(2,15-18-6-7-23-15)19-9-12-8-14(22)21-10-11(17)4-5-13(21)20-12/h4-8,10,19H,3,9H2,1-2H3/t16-/m1/s1. The SMILES string of the molecule is CC[C@@](C)(NCc1cc(=O)n2cc(Cl)ccc2n1)c1nccs1. The molecular weight excluding hydrogens is 332 g/mol. The molecule has 0 bridgehead atoms. The summed E-state index contributed by atoms with van der Waals surface area (Å²) >= 11 is 7.54. The molecule has 0 radical (unpaired) electrons. The van der Waals surface area contributed by atoms with Crippen molar-refractivity contribution in [2.45, 2.75) is 32.4 Å². The molecule has 120 valence electrons. The van der Waals surface area contributed by atoms with Crippen LogP contribution in [0.5, 0.6) is 0 Å². The molecule has 5 nitrogen and oxygen atoms in total. The first kappa shape index (κ1) is 16.1. The molecule has 1 N–H and O–H groups in total. The summed E-state index contributed by atoms with van der Waals surface area (Å²) in [5.41, 5.74) is 0.919. The minimum absolute atomic E-state index is 0.137. The topological polar surface area (TPSA) is 59.3 Å². The molecule has 0 saturated heterocycles. The highest BCUT2D eigenvalue weighted by Gasteiger charge is 2.26. The fourth-order valence-corrected chi connectivity index (χ4v) is 3.36. The van der Waals surface area contributed by atoms with Gasteiger partial charge in [-0.2, -0.15) is 0 Å². The molecule has 0 aliphatic carbocycles. The highest BCUT2D eigenvalue weighted by atomic mass is 35.5. The van der Waals surface area contributed by atoms with E-state index in [0.717, 1.165) is 11.4 Å². The van der Waals surface area contributed by atoms with Gasteiger partial charge < -0.3 is 0 Å². The number of hydrogen-bond acceptors (Lipinski definition) is 5.